The lowest BCUT2D eigenvalue weighted by molar-refractivity contribution is -0.124. The zero-order valence-corrected chi connectivity index (χ0v) is 13.6. The number of carbonyl (C=O) groups excluding carboxylic acids is 2. The summed E-state index contributed by atoms with van der Waals surface area (Å²) in [4.78, 5) is 23.1. The highest BCUT2D eigenvalue weighted by molar-refractivity contribution is 9.10. The molecule has 7 heteroatoms. The lowest BCUT2D eigenvalue weighted by atomic mass is 10.2. The summed E-state index contributed by atoms with van der Waals surface area (Å²) in [6.45, 7) is 2.86. The van der Waals surface area contributed by atoms with Gasteiger partial charge >= 0.3 is 0 Å². The van der Waals surface area contributed by atoms with Crippen LogP contribution in [0.15, 0.2) is 28.7 Å². The minimum Gasteiger partial charge on any atom is -0.354 e. The van der Waals surface area contributed by atoms with Crippen LogP contribution in [0, 0.1) is 5.92 Å². The first-order valence-electron chi connectivity index (χ1n) is 6.06. The monoisotopic (exact) mass is 363 g/mol. The third-order valence-electron chi connectivity index (χ3n) is 2.62. The maximum atomic E-state index is 11.7. The number of benzene rings is 1. The number of hydrogen-bond acceptors (Lipinski definition) is 3. The van der Waals surface area contributed by atoms with Gasteiger partial charge in [0, 0.05) is 35.6 Å². The Morgan fingerprint density at radius 1 is 1.20 bits per heavy atom. The molecule has 0 fully saturated rings. The first-order valence-corrected chi connectivity index (χ1v) is 6.85. The summed E-state index contributed by atoms with van der Waals surface area (Å²) in [5.74, 6) is -0.462. The van der Waals surface area contributed by atoms with E-state index in [2.05, 4.69) is 26.6 Å². The quantitative estimate of drug-likeness (QED) is 0.666. The van der Waals surface area contributed by atoms with Gasteiger partial charge in [-0.25, -0.2) is 0 Å². The molecule has 20 heavy (non-hydrogen) atoms. The molecule has 0 saturated carbocycles. The van der Waals surface area contributed by atoms with Crippen LogP contribution in [0.1, 0.15) is 17.3 Å². The molecule has 1 aromatic rings. The zero-order chi connectivity index (χ0) is 14.3. The Kier molecular flexibility index (Phi) is 9.20. The Balaban J connectivity index is 0.00000361. The van der Waals surface area contributed by atoms with Gasteiger partial charge in [0.2, 0.25) is 5.91 Å². The molecule has 1 rings (SSSR count). The Hall–Kier alpha value is -1.11. The highest BCUT2D eigenvalue weighted by Crippen LogP contribution is 2.10. The van der Waals surface area contributed by atoms with Crippen molar-refractivity contribution in [2.45, 2.75) is 6.92 Å². The number of nitrogens with two attached hydrogens (primary N) is 1. The third kappa shape index (κ3) is 6.36. The van der Waals surface area contributed by atoms with E-state index in [4.69, 9.17) is 5.73 Å². The highest BCUT2D eigenvalue weighted by Gasteiger charge is 2.09. The van der Waals surface area contributed by atoms with E-state index in [9.17, 15) is 9.59 Å². The molecular formula is C13H19BrClN3O2. The molecular weight excluding hydrogens is 346 g/mol. The second-order valence-corrected chi connectivity index (χ2v) is 5.11. The van der Waals surface area contributed by atoms with Gasteiger partial charge in [-0.3, -0.25) is 9.59 Å². The van der Waals surface area contributed by atoms with Crippen molar-refractivity contribution in [3.05, 3.63) is 34.3 Å². The second-order valence-electron chi connectivity index (χ2n) is 4.19. The minimum absolute atomic E-state index is 0. The fourth-order valence-electron chi connectivity index (χ4n) is 1.35. The molecule has 4 N–H and O–H groups in total. The Morgan fingerprint density at radius 3 is 2.30 bits per heavy atom. The fraction of sp³-hybridized carbons (Fsp3) is 0.385. The number of hydrogen-bond donors (Lipinski definition) is 3. The predicted molar refractivity (Wildman–Crippen MR) is 85.0 cm³/mol. The van der Waals surface area contributed by atoms with Gasteiger partial charge in [0.05, 0.1) is 0 Å². The van der Waals surface area contributed by atoms with Crippen molar-refractivity contribution in [1.29, 1.82) is 0 Å². The summed E-state index contributed by atoms with van der Waals surface area (Å²) in [6, 6.07) is 7.07. The molecule has 0 aromatic heterocycles. The summed E-state index contributed by atoms with van der Waals surface area (Å²) < 4.78 is 0.923. The molecule has 0 spiro atoms. The van der Waals surface area contributed by atoms with Crippen LogP contribution in [0.2, 0.25) is 0 Å². The SMILES string of the molecule is CC(CN)C(=O)NCCNC(=O)c1ccc(Br)cc1.Cl. The maximum Gasteiger partial charge on any atom is 0.251 e. The second kappa shape index (κ2) is 9.74. The molecule has 0 aliphatic rings. The number of halogens is 2. The van der Waals surface area contributed by atoms with Gasteiger partial charge in [0.1, 0.15) is 0 Å². The van der Waals surface area contributed by atoms with Crippen molar-refractivity contribution in [2.75, 3.05) is 19.6 Å². The van der Waals surface area contributed by atoms with Crippen LogP contribution in [-0.4, -0.2) is 31.4 Å². The standard InChI is InChI=1S/C13H18BrN3O2.ClH/c1-9(8-15)12(18)16-6-7-17-13(19)10-2-4-11(14)5-3-10;/h2-5,9H,6-8,15H2,1H3,(H,16,18)(H,17,19);1H. The van der Waals surface area contributed by atoms with E-state index < -0.39 is 0 Å². The average molecular weight is 365 g/mol. The van der Waals surface area contributed by atoms with Crippen molar-refractivity contribution in [2.24, 2.45) is 11.7 Å². The van der Waals surface area contributed by atoms with Gasteiger partial charge < -0.3 is 16.4 Å². The van der Waals surface area contributed by atoms with E-state index in [1.165, 1.54) is 0 Å². The van der Waals surface area contributed by atoms with Crippen LogP contribution in [0.5, 0.6) is 0 Å². The van der Waals surface area contributed by atoms with Gasteiger partial charge in [0.15, 0.2) is 0 Å². The lowest BCUT2D eigenvalue weighted by Crippen LogP contribution is -2.38. The van der Waals surface area contributed by atoms with Crippen LogP contribution < -0.4 is 16.4 Å². The number of amides is 2. The van der Waals surface area contributed by atoms with Crippen LogP contribution in [0.3, 0.4) is 0 Å². The van der Waals surface area contributed by atoms with Gasteiger partial charge in [-0.05, 0) is 24.3 Å². The Bertz CT molecular complexity index is 440. The minimum atomic E-state index is -0.206. The molecule has 0 aliphatic heterocycles. The zero-order valence-electron chi connectivity index (χ0n) is 11.2. The number of rotatable bonds is 6. The molecule has 0 bridgehead atoms. The number of nitrogens with one attached hydrogen (secondary N) is 2. The number of carbonyl (C=O) groups is 2. The van der Waals surface area contributed by atoms with E-state index >= 15 is 0 Å². The van der Waals surface area contributed by atoms with Gasteiger partial charge in [-0.15, -0.1) is 12.4 Å². The van der Waals surface area contributed by atoms with Crippen LogP contribution >= 0.6 is 28.3 Å². The molecule has 112 valence electrons. The first-order chi connectivity index (χ1) is 9.04. The highest BCUT2D eigenvalue weighted by atomic mass is 79.9. The lowest BCUT2D eigenvalue weighted by Gasteiger charge is -2.10. The summed E-state index contributed by atoms with van der Waals surface area (Å²) in [7, 11) is 0. The Labute approximate surface area is 133 Å². The fourth-order valence-corrected chi connectivity index (χ4v) is 1.61. The van der Waals surface area contributed by atoms with E-state index in [0.717, 1.165) is 4.47 Å². The van der Waals surface area contributed by atoms with Crippen molar-refractivity contribution in [1.82, 2.24) is 10.6 Å². The first kappa shape index (κ1) is 18.9. The van der Waals surface area contributed by atoms with E-state index in [0.29, 0.717) is 25.2 Å². The molecule has 1 atom stereocenters. The van der Waals surface area contributed by atoms with Crippen molar-refractivity contribution in [3.8, 4) is 0 Å². The molecule has 2 amide bonds. The maximum absolute atomic E-state index is 11.7. The predicted octanol–water partition coefficient (Wildman–Crippen LogP) is 1.31. The normalized spacial score (nSPS) is 11.2. The van der Waals surface area contributed by atoms with E-state index in [-0.39, 0.29) is 30.1 Å². The topological polar surface area (TPSA) is 84.2 Å². The molecule has 0 radical (unpaired) electrons. The van der Waals surface area contributed by atoms with Crippen molar-refractivity contribution >= 4 is 40.2 Å². The smallest absolute Gasteiger partial charge is 0.251 e. The van der Waals surface area contributed by atoms with Crippen molar-refractivity contribution < 1.29 is 9.59 Å². The molecule has 1 unspecified atom stereocenters. The van der Waals surface area contributed by atoms with Crippen LogP contribution in [0.4, 0.5) is 0 Å². The van der Waals surface area contributed by atoms with Crippen molar-refractivity contribution in [3.63, 3.8) is 0 Å². The van der Waals surface area contributed by atoms with E-state index in [1.54, 1.807) is 31.2 Å². The van der Waals surface area contributed by atoms with Crippen LogP contribution in [0.25, 0.3) is 0 Å². The summed E-state index contributed by atoms with van der Waals surface area (Å²) in [5, 5.41) is 5.44. The summed E-state index contributed by atoms with van der Waals surface area (Å²) in [6.07, 6.45) is 0. The summed E-state index contributed by atoms with van der Waals surface area (Å²) in [5.41, 5.74) is 5.97. The third-order valence-corrected chi connectivity index (χ3v) is 3.15. The largest absolute Gasteiger partial charge is 0.354 e. The van der Waals surface area contributed by atoms with Crippen LogP contribution in [-0.2, 0) is 4.79 Å². The molecule has 0 saturated heterocycles. The van der Waals surface area contributed by atoms with Gasteiger partial charge in [0.25, 0.3) is 5.91 Å². The van der Waals surface area contributed by atoms with Gasteiger partial charge in [-0.2, -0.15) is 0 Å². The summed E-state index contributed by atoms with van der Waals surface area (Å²) >= 11 is 3.31. The molecule has 5 nitrogen and oxygen atoms in total. The molecule has 0 heterocycles. The van der Waals surface area contributed by atoms with E-state index in [1.807, 2.05) is 0 Å². The molecule has 1 aromatic carbocycles. The Morgan fingerprint density at radius 2 is 1.75 bits per heavy atom. The average Bonchev–Trinajstić information content (AvgIpc) is 2.42. The molecule has 0 aliphatic carbocycles. The van der Waals surface area contributed by atoms with Gasteiger partial charge in [-0.1, -0.05) is 22.9 Å².